The van der Waals surface area contributed by atoms with Crippen molar-refractivity contribution in [1.82, 2.24) is 0 Å². The average molecular weight is 841 g/mol. The van der Waals surface area contributed by atoms with Crippen molar-refractivity contribution < 1.29 is 58.5 Å². The molecule has 9 atom stereocenters. The molecule has 2 unspecified atom stereocenters. The van der Waals surface area contributed by atoms with Crippen LogP contribution in [-0.4, -0.2) is 107 Å². The Balaban J connectivity index is 1.37. The zero-order chi connectivity index (χ0) is 43.3. The second kappa shape index (κ2) is 32.6. The Labute approximate surface area is 356 Å². The van der Waals surface area contributed by atoms with Gasteiger partial charge in [0.15, 0.2) is 0 Å². The molecule has 0 aromatic carbocycles. The maximum absolute atomic E-state index is 12.3. The fourth-order valence-corrected chi connectivity index (χ4v) is 7.79. The normalized spacial score (nSPS) is 23.4. The monoisotopic (exact) mass is 841 g/mol. The van der Waals surface area contributed by atoms with E-state index in [1.165, 1.54) is 83.1 Å². The van der Waals surface area contributed by atoms with Gasteiger partial charge in [-0.25, -0.2) is 4.79 Å². The first-order chi connectivity index (χ1) is 28.4. The molecule has 2 aliphatic heterocycles. The first-order valence-corrected chi connectivity index (χ1v) is 23.6. The number of hydrogen-bond donors (Lipinski definition) is 4. The van der Waals surface area contributed by atoms with Gasteiger partial charge < -0.3 is 44.1 Å². The van der Waals surface area contributed by atoms with E-state index in [-0.39, 0.29) is 62.2 Å². The lowest BCUT2D eigenvalue weighted by Crippen LogP contribution is -2.50. The fraction of sp³-hybridized carbons (Fsp3) is 0.894. The standard InChI is InChI=1S/C47H84O12/c1-5-6-7-8-9-10-11-12-13-14-15-16-17-20-23-26-42(50)57-33-39(49)34-58-43(51)27-24-21-18-19-22-25-28-55-44(52)30-35(2)29-40-46(54)45(53)38(32-56-40)31-41-47(59-41)36(3)37(4)48/h30,36-41,45-49,53-54H,5-29,31-34H2,1-4H3/b35-30+/t36-,37-,38-,39?,40-,41-,45+,46-,47?/m0/s1. The van der Waals surface area contributed by atoms with E-state index in [0.29, 0.717) is 37.9 Å². The summed E-state index contributed by atoms with van der Waals surface area (Å²) in [6.07, 6.45) is 22.6. The first kappa shape index (κ1) is 53.0. The van der Waals surface area contributed by atoms with Gasteiger partial charge in [-0.05, 0) is 46.0 Å². The predicted octanol–water partition coefficient (Wildman–Crippen LogP) is 8.22. The van der Waals surface area contributed by atoms with Gasteiger partial charge in [0, 0.05) is 30.8 Å². The maximum Gasteiger partial charge on any atom is 0.330 e. The van der Waals surface area contributed by atoms with Gasteiger partial charge in [0.25, 0.3) is 0 Å². The van der Waals surface area contributed by atoms with Crippen LogP contribution in [0, 0.1) is 11.8 Å². The molecule has 12 heteroatoms. The molecule has 12 nitrogen and oxygen atoms in total. The number of unbranched alkanes of at least 4 members (excludes halogenated alkanes) is 19. The number of carbonyl (C=O) groups excluding carboxylic acids is 3. The SMILES string of the molecule is CCCCCCCCCCCCCCCCCC(=O)OCC(O)COC(=O)CCCCCCCCOC(=O)/C=C(\C)C[C@@H]1OC[C@H](C[C@@H]2OC2[C@@H](C)[C@H](C)O)[C@@H](O)[C@H]1O. The Hall–Kier alpha value is -2.09. The number of hydrogen-bond acceptors (Lipinski definition) is 12. The van der Waals surface area contributed by atoms with Crippen molar-refractivity contribution in [2.75, 3.05) is 26.4 Å². The number of carbonyl (C=O) groups is 3. The highest BCUT2D eigenvalue weighted by molar-refractivity contribution is 5.82. The highest BCUT2D eigenvalue weighted by Crippen LogP contribution is 2.38. The van der Waals surface area contributed by atoms with Crippen LogP contribution in [0.25, 0.3) is 0 Å². The van der Waals surface area contributed by atoms with Crippen molar-refractivity contribution in [1.29, 1.82) is 0 Å². The summed E-state index contributed by atoms with van der Waals surface area (Å²) < 4.78 is 27.2. The van der Waals surface area contributed by atoms with E-state index >= 15 is 0 Å². The van der Waals surface area contributed by atoms with Gasteiger partial charge in [-0.15, -0.1) is 0 Å². The van der Waals surface area contributed by atoms with Crippen molar-refractivity contribution in [2.24, 2.45) is 11.8 Å². The second-order valence-corrected chi connectivity index (χ2v) is 17.5. The minimum atomic E-state index is -1.08. The Kier molecular flexibility index (Phi) is 29.3. The zero-order valence-electron chi connectivity index (χ0n) is 37.3. The number of ether oxygens (including phenoxy) is 5. The largest absolute Gasteiger partial charge is 0.463 e. The lowest BCUT2D eigenvalue weighted by molar-refractivity contribution is -0.165. The lowest BCUT2D eigenvalue weighted by Gasteiger charge is -2.38. The number of aliphatic hydroxyl groups is 4. The van der Waals surface area contributed by atoms with Gasteiger partial charge in [0.1, 0.15) is 25.4 Å². The van der Waals surface area contributed by atoms with Crippen molar-refractivity contribution >= 4 is 17.9 Å². The summed E-state index contributed by atoms with van der Waals surface area (Å²) in [5, 5.41) is 41.3. The highest BCUT2D eigenvalue weighted by atomic mass is 16.6. The Morgan fingerprint density at radius 1 is 0.661 bits per heavy atom. The van der Waals surface area contributed by atoms with Crippen molar-refractivity contribution in [3.8, 4) is 0 Å². The first-order valence-electron chi connectivity index (χ1n) is 23.6. The molecule has 2 fully saturated rings. The van der Waals surface area contributed by atoms with E-state index in [0.717, 1.165) is 51.4 Å². The predicted molar refractivity (Wildman–Crippen MR) is 228 cm³/mol. The van der Waals surface area contributed by atoms with E-state index in [2.05, 4.69) is 6.92 Å². The summed E-state index contributed by atoms with van der Waals surface area (Å²) in [5.41, 5.74) is 0.693. The molecular weight excluding hydrogens is 757 g/mol. The van der Waals surface area contributed by atoms with Gasteiger partial charge in [-0.2, -0.15) is 0 Å². The molecule has 59 heavy (non-hydrogen) atoms. The van der Waals surface area contributed by atoms with Crippen molar-refractivity contribution in [3.05, 3.63) is 11.6 Å². The minimum Gasteiger partial charge on any atom is -0.463 e. The van der Waals surface area contributed by atoms with Crippen molar-refractivity contribution in [3.63, 3.8) is 0 Å². The summed E-state index contributed by atoms with van der Waals surface area (Å²) in [6, 6.07) is 0. The highest BCUT2D eigenvalue weighted by Gasteiger charge is 2.48. The van der Waals surface area contributed by atoms with Gasteiger partial charge >= 0.3 is 17.9 Å². The van der Waals surface area contributed by atoms with Gasteiger partial charge in [0.05, 0.1) is 43.7 Å². The molecule has 2 rings (SSSR count). The Morgan fingerprint density at radius 3 is 1.63 bits per heavy atom. The van der Waals surface area contributed by atoms with E-state index in [1.54, 1.807) is 13.8 Å². The van der Waals surface area contributed by atoms with Crippen molar-refractivity contribution in [2.45, 2.75) is 231 Å². The molecular formula is C47H84O12. The van der Waals surface area contributed by atoms with Crippen LogP contribution in [0.15, 0.2) is 11.6 Å². The lowest BCUT2D eigenvalue weighted by atomic mass is 9.85. The van der Waals surface area contributed by atoms with Gasteiger partial charge in [-0.3, -0.25) is 9.59 Å². The summed E-state index contributed by atoms with van der Waals surface area (Å²) in [7, 11) is 0. The molecule has 0 aromatic rings. The quantitative estimate of drug-likeness (QED) is 0.0156. The van der Waals surface area contributed by atoms with Gasteiger partial charge in [-0.1, -0.05) is 135 Å². The maximum atomic E-state index is 12.3. The molecule has 2 heterocycles. The molecule has 0 spiro atoms. The molecule has 0 aromatic heterocycles. The number of epoxide rings is 1. The molecule has 0 saturated carbocycles. The fourth-order valence-electron chi connectivity index (χ4n) is 7.79. The zero-order valence-corrected chi connectivity index (χ0v) is 37.3. The third-order valence-corrected chi connectivity index (χ3v) is 11.9. The van der Waals surface area contributed by atoms with Crippen LogP contribution in [0.4, 0.5) is 0 Å². The van der Waals surface area contributed by atoms with Crippen LogP contribution in [-0.2, 0) is 38.1 Å². The molecule has 0 aliphatic carbocycles. The summed E-state index contributed by atoms with van der Waals surface area (Å²) in [6.45, 7) is 7.91. The minimum absolute atomic E-state index is 0.000746. The van der Waals surface area contributed by atoms with E-state index in [9.17, 15) is 34.8 Å². The number of aliphatic hydroxyl groups excluding tert-OH is 4. The molecule has 0 bridgehead atoms. The number of rotatable bonds is 36. The van der Waals surface area contributed by atoms with Crippen LogP contribution < -0.4 is 0 Å². The van der Waals surface area contributed by atoms with Crippen LogP contribution in [0.5, 0.6) is 0 Å². The smallest absolute Gasteiger partial charge is 0.330 e. The summed E-state index contributed by atoms with van der Waals surface area (Å²) in [5.74, 6) is -1.42. The van der Waals surface area contributed by atoms with Crippen LogP contribution in [0.3, 0.4) is 0 Å². The summed E-state index contributed by atoms with van der Waals surface area (Å²) >= 11 is 0. The molecule has 2 aliphatic rings. The van der Waals surface area contributed by atoms with E-state index < -0.39 is 36.5 Å². The Morgan fingerprint density at radius 2 is 1.14 bits per heavy atom. The topological polar surface area (TPSA) is 182 Å². The molecule has 0 amide bonds. The van der Waals surface area contributed by atoms with Gasteiger partial charge in [0.2, 0.25) is 0 Å². The third kappa shape index (κ3) is 25.4. The van der Waals surface area contributed by atoms with Crippen LogP contribution in [0.2, 0.25) is 0 Å². The average Bonchev–Trinajstić information content (AvgIpc) is 3.98. The van der Waals surface area contributed by atoms with E-state index in [4.69, 9.17) is 23.7 Å². The third-order valence-electron chi connectivity index (χ3n) is 11.9. The van der Waals surface area contributed by atoms with Crippen LogP contribution >= 0.6 is 0 Å². The number of esters is 3. The molecule has 2 saturated heterocycles. The van der Waals surface area contributed by atoms with E-state index in [1.807, 2.05) is 6.92 Å². The second-order valence-electron chi connectivity index (χ2n) is 17.5. The summed E-state index contributed by atoms with van der Waals surface area (Å²) in [4.78, 5) is 36.4. The molecule has 344 valence electrons. The molecule has 0 radical (unpaired) electrons. The van der Waals surface area contributed by atoms with Crippen LogP contribution in [0.1, 0.15) is 188 Å². The Bertz CT molecular complexity index is 1140. The molecule has 4 N–H and O–H groups in total.